The van der Waals surface area contributed by atoms with E-state index in [4.69, 9.17) is 0 Å². The number of thioether (sulfide) groups is 1. The van der Waals surface area contributed by atoms with E-state index < -0.39 is 0 Å². The second-order valence-electron chi connectivity index (χ2n) is 3.83. The molecule has 0 aromatic heterocycles. The Bertz CT molecular complexity index is 341. The average molecular weight is 285 g/mol. The SMILES string of the molecule is O=C(Cc1ccc(Br)cc1)C1CCSC1. The van der Waals surface area contributed by atoms with Crippen molar-refractivity contribution in [3.05, 3.63) is 34.3 Å². The van der Waals surface area contributed by atoms with Crippen LogP contribution in [0, 0.1) is 5.92 Å². The Morgan fingerprint density at radius 2 is 2.13 bits per heavy atom. The zero-order valence-electron chi connectivity index (χ0n) is 8.41. The van der Waals surface area contributed by atoms with Crippen molar-refractivity contribution in [1.82, 2.24) is 0 Å². The summed E-state index contributed by atoms with van der Waals surface area (Å²) in [4.78, 5) is 11.9. The monoisotopic (exact) mass is 284 g/mol. The maximum absolute atomic E-state index is 11.9. The van der Waals surface area contributed by atoms with Crippen molar-refractivity contribution in [1.29, 1.82) is 0 Å². The van der Waals surface area contributed by atoms with Gasteiger partial charge in [0.1, 0.15) is 5.78 Å². The lowest BCUT2D eigenvalue weighted by Gasteiger charge is -2.06. The molecule has 1 aromatic carbocycles. The van der Waals surface area contributed by atoms with Crippen LogP contribution in [0.25, 0.3) is 0 Å². The van der Waals surface area contributed by atoms with Gasteiger partial charge in [0.2, 0.25) is 0 Å². The Labute approximate surface area is 103 Å². The summed E-state index contributed by atoms with van der Waals surface area (Å²) in [6.07, 6.45) is 1.67. The van der Waals surface area contributed by atoms with Crippen LogP contribution in [0.4, 0.5) is 0 Å². The molecule has 1 heterocycles. The summed E-state index contributed by atoms with van der Waals surface area (Å²) in [7, 11) is 0. The molecule has 1 aliphatic rings. The highest BCUT2D eigenvalue weighted by Gasteiger charge is 2.22. The quantitative estimate of drug-likeness (QED) is 0.847. The van der Waals surface area contributed by atoms with Crippen molar-refractivity contribution >= 4 is 33.5 Å². The number of hydrogen-bond donors (Lipinski definition) is 0. The van der Waals surface area contributed by atoms with Gasteiger partial charge in [0.05, 0.1) is 0 Å². The highest BCUT2D eigenvalue weighted by Crippen LogP contribution is 2.25. The molecule has 0 radical (unpaired) electrons. The molecule has 15 heavy (non-hydrogen) atoms. The zero-order chi connectivity index (χ0) is 10.7. The summed E-state index contributed by atoms with van der Waals surface area (Å²) < 4.78 is 1.06. The molecule has 80 valence electrons. The molecule has 0 bridgehead atoms. The minimum absolute atomic E-state index is 0.304. The van der Waals surface area contributed by atoms with Crippen LogP contribution >= 0.6 is 27.7 Å². The number of halogens is 1. The summed E-state index contributed by atoms with van der Waals surface area (Å²) in [5.74, 6) is 2.88. The van der Waals surface area contributed by atoms with E-state index in [1.54, 1.807) is 0 Å². The molecule has 1 aliphatic heterocycles. The topological polar surface area (TPSA) is 17.1 Å². The smallest absolute Gasteiger partial charge is 0.141 e. The molecule has 1 unspecified atom stereocenters. The number of ketones is 1. The highest BCUT2D eigenvalue weighted by atomic mass is 79.9. The van der Waals surface area contributed by atoms with E-state index >= 15 is 0 Å². The normalized spacial score (nSPS) is 20.5. The molecule has 0 aliphatic carbocycles. The highest BCUT2D eigenvalue weighted by molar-refractivity contribution is 9.10. The Morgan fingerprint density at radius 3 is 2.73 bits per heavy atom. The van der Waals surface area contributed by atoms with Crippen molar-refractivity contribution in [2.45, 2.75) is 12.8 Å². The first-order chi connectivity index (χ1) is 7.25. The second-order valence-corrected chi connectivity index (χ2v) is 5.90. The van der Waals surface area contributed by atoms with Crippen LogP contribution in [0.2, 0.25) is 0 Å². The molecular formula is C12H13BrOS. The molecule has 1 aromatic rings. The zero-order valence-corrected chi connectivity index (χ0v) is 10.8. The molecule has 0 N–H and O–H groups in total. The summed E-state index contributed by atoms with van der Waals surface area (Å²) >= 11 is 5.28. The molecule has 0 saturated carbocycles. The Kier molecular flexibility index (Phi) is 3.87. The number of rotatable bonds is 3. The minimum atomic E-state index is 0.304. The van der Waals surface area contributed by atoms with Crippen LogP contribution in [0.15, 0.2) is 28.7 Å². The van der Waals surface area contributed by atoms with Gasteiger partial charge in [-0.05, 0) is 29.9 Å². The van der Waals surface area contributed by atoms with Crippen LogP contribution in [0.5, 0.6) is 0 Å². The van der Waals surface area contributed by atoms with Gasteiger partial charge >= 0.3 is 0 Å². The van der Waals surface area contributed by atoms with Crippen LogP contribution in [-0.2, 0) is 11.2 Å². The molecule has 1 nitrogen and oxygen atoms in total. The number of hydrogen-bond acceptors (Lipinski definition) is 2. The Morgan fingerprint density at radius 1 is 1.40 bits per heavy atom. The van der Waals surface area contributed by atoms with Crippen molar-refractivity contribution in [3.8, 4) is 0 Å². The van der Waals surface area contributed by atoms with Crippen molar-refractivity contribution in [2.24, 2.45) is 5.92 Å². The lowest BCUT2D eigenvalue weighted by Crippen LogP contribution is -2.15. The first-order valence-corrected chi connectivity index (χ1v) is 7.05. The van der Waals surface area contributed by atoms with E-state index in [2.05, 4.69) is 15.9 Å². The molecule has 1 atom stereocenters. The molecule has 3 heteroatoms. The largest absolute Gasteiger partial charge is 0.299 e. The van der Waals surface area contributed by atoms with Crippen LogP contribution in [0.3, 0.4) is 0 Å². The minimum Gasteiger partial charge on any atom is -0.299 e. The number of carbonyl (C=O) groups excluding carboxylic acids is 1. The van der Waals surface area contributed by atoms with Crippen molar-refractivity contribution < 1.29 is 4.79 Å². The summed E-state index contributed by atoms with van der Waals surface area (Å²) in [5.41, 5.74) is 1.13. The molecular weight excluding hydrogens is 272 g/mol. The lowest BCUT2D eigenvalue weighted by atomic mass is 9.97. The first kappa shape index (κ1) is 11.2. The average Bonchev–Trinajstić information content (AvgIpc) is 2.74. The fraction of sp³-hybridized carbons (Fsp3) is 0.417. The number of carbonyl (C=O) groups is 1. The fourth-order valence-corrected chi connectivity index (χ4v) is 3.26. The van der Waals surface area contributed by atoms with E-state index in [9.17, 15) is 4.79 Å². The molecule has 1 saturated heterocycles. The molecule has 1 fully saturated rings. The van der Waals surface area contributed by atoms with Gasteiger partial charge in [0, 0.05) is 22.6 Å². The molecule has 0 amide bonds. The standard InChI is InChI=1S/C12H13BrOS/c13-11-3-1-9(2-4-11)7-12(14)10-5-6-15-8-10/h1-4,10H,5-8H2. The third kappa shape index (κ3) is 3.08. The summed E-state index contributed by atoms with van der Waals surface area (Å²) in [6, 6.07) is 8.02. The molecule has 2 rings (SSSR count). The van der Waals surface area contributed by atoms with E-state index in [1.807, 2.05) is 36.0 Å². The Hall–Kier alpha value is -0.280. The maximum atomic E-state index is 11.9. The van der Waals surface area contributed by atoms with Gasteiger partial charge in [-0.25, -0.2) is 0 Å². The number of benzene rings is 1. The van der Waals surface area contributed by atoms with E-state index in [-0.39, 0.29) is 0 Å². The van der Waals surface area contributed by atoms with E-state index in [0.29, 0.717) is 18.1 Å². The van der Waals surface area contributed by atoms with E-state index in [0.717, 1.165) is 28.0 Å². The van der Waals surface area contributed by atoms with Crippen molar-refractivity contribution in [2.75, 3.05) is 11.5 Å². The van der Waals surface area contributed by atoms with Crippen LogP contribution in [-0.4, -0.2) is 17.3 Å². The third-order valence-electron chi connectivity index (χ3n) is 2.68. The fourth-order valence-electron chi connectivity index (χ4n) is 1.74. The maximum Gasteiger partial charge on any atom is 0.141 e. The third-order valence-corrected chi connectivity index (χ3v) is 4.37. The van der Waals surface area contributed by atoms with E-state index in [1.165, 1.54) is 0 Å². The van der Waals surface area contributed by atoms with Gasteiger partial charge < -0.3 is 0 Å². The van der Waals surface area contributed by atoms with Gasteiger partial charge in [-0.1, -0.05) is 28.1 Å². The van der Waals surface area contributed by atoms with Gasteiger partial charge in [-0.15, -0.1) is 0 Å². The molecule has 0 spiro atoms. The van der Waals surface area contributed by atoms with Gasteiger partial charge in [0.25, 0.3) is 0 Å². The predicted molar refractivity (Wildman–Crippen MR) is 68.3 cm³/mol. The lowest BCUT2D eigenvalue weighted by molar-refractivity contribution is -0.121. The summed E-state index contributed by atoms with van der Waals surface area (Å²) in [5, 5.41) is 0. The van der Waals surface area contributed by atoms with Crippen LogP contribution in [0.1, 0.15) is 12.0 Å². The Balaban J connectivity index is 1.96. The summed E-state index contributed by atoms with van der Waals surface area (Å²) in [6.45, 7) is 0. The van der Waals surface area contributed by atoms with Gasteiger partial charge in [0.15, 0.2) is 0 Å². The first-order valence-electron chi connectivity index (χ1n) is 5.10. The van der Waals surface area contributed by atoms with Gasteiger partial charge in [-0.3, -0.25) is 4.79 Å². The van der Waals surface area contributed by atoms with Crippen molar-refractivity contribution in [3.63, 3.8) is 0 Å². The number of Topliss-reactive ketones (excluding diaryl/α,β-unsaturated/α-hetero) is 1. The van der Waals surface area contributed by atoms with Gasteiger partial charge in [-0.2, -0.15) is 11.8 Å². The predicted octanol–water partition coefficient (Wildman–Crippen LogP) is 3.31. The second kappa shape index (κ2) is 5.17. The van der Waals surface area contributed by atoms with Crippen LogP contribution < -0.4 is 0 Å².